The molecule has 0 radical (unpaired) electrons. The summed E-state index contributed by atoms with van der Waals surface area (Å²) in [4.78, 5) is 39.4. The molecular formula is C21H32N3O4+. The second kappa shape index (κ2) is 10.2. The predicted octanol–water partition coefficient (Wildman–Crippen LogP) is 0.824. The Morgan fingerprint density at radius 3 is 2.64 bits per heavy atom. The van der Waals surface area contributed by atoms with E-state index in [9.17, 15) is 14.4 Å². The molecule has 2 amide bonds. The van der Waals surface area contributed by atoms with Crippen LogP contribution >= 0.6 is 0 Å². The summed E-state index contributed by atoms with van der Waals surface area (Å²) < 4.78 is 5.42. The molecule has 1 aliphatic heterocycles. The highest BCUT2D eigenvalue weighted by Crippen LogP contribution is 2.32. The van der Waals surface area contributed by atoms with E-state index in [1.165, 1.54) is 11.8 Å². The molecule has 0 fully saturated rings. The van der Waals surface area contributed by atoms with Gasteiger partial charge >= 0.3 is 0 Å². The molecule has 0 saturated carbocycles. The second-order valence-corrected chi connectivity index (χ2v) is 7.33. The largest absolute Gasteiger partial charge is 0.482 e. The minimum Gasteiger partial charge on any atom is -0.482 e. The zero-order valence-corrected chi connectivity index (χ0v) is 17.3. The molecule has 0 unspecified atom stereocenters. The fourth-order valence-electron chi connectivity index (χ4n) is 3.39. The van der Waals surface area contributed by atoms with E-state index in [0.29, 0.717) is 17.0 Å². The quantitative estimate of drug-likeness (QED) is 0.580. The van der Waals surface area contributed by atoms with Crippen molar-refractivity contribution in [2.24, 2.45) is 0 Å². The van der Waals surface area contributed by atoms with Crippen molar-refractivity contribution in [1.29, 1.82) is 0 Å². The lowest BCUT2D eigenvalue weighted by Gasteiger charge is -2.29. The first-order chi connectivity index (χ1) is 13.3. The molecule has 1 aliphatic rings. The highest BCUT2D eigenvalue weighted by Gasteiger charge is 2.28. The molecule has 154 valence electrons. The summed E-state index contributed by atoms with van der Waals surface area (Å²) in [5, 5.41) is 2.98. The number of ether oxygens (including phenoxy) is 1. The van der Waals surface area contributed by atoms with Crippen LogP contribution in [0, 0.1) is 0 Å². The number of carbonyl (C=O) groups excluding carboxylic acids is 3. The molecule has 2 N–H and O–H groups in total. The van der Waals surface area contributed by atoms with E-state index in [-0.39, 0.29) is 36.8 Å². The molecule has 28 heavy (non-hydrogen) atoms. The maximum absolute atomic E-state index is 12.5. The van der Waals surface area contributed by atoms with E-state index >= 15 is 0 Å². The van der Waals surface area contributed by atoms with Crippen molar-refractivity contribution in [3.63, 3.8) is 0 Å². The first-order valence-corrected chi connectivity index (χ1v) is 10.1. The molecule has 1 aromatic rings. The average Bonchev–Trinajstić information content (AvgIpc) is 2.67. The predicted molar refractivity (Wildman–Crippen MR) is 108 cm³/mol. The standard InChI is InChI=1S/C21H31N3O4/c1-5-23(6-2)11-7-8-15(3)22-20(26)13-24-18-12-17(16(4)25)9-10-19(18)28-14-21(24)27/h9-10,12,15H,5-8,11,13-14H2,1-4H3,(H,22,26)/p+1/t15-/m1/s1. The third kappa shape index (κ3) is 5.79. The van der Waals surface area contributed by atoms with Gasteiger partial charge in [-0.25, -0.2) is 0 Å². The molecule has 0 aliphatic carbocycles. The van der Waals surface area contributed by atoms with Crippen LogP contribution < -0.4 is 19.9 Å². The summed E-state index contributed by atoms with van der Waals surface area (Å²) >= 11 is 0. The number of fused-ring (bicyclic) bond motifs is 1. The first kappa shape index (κ1) is 21.9. The number of quaternary nitrogens is 1. The van der Waals surface area contributed by atoms with Gasteiger partial charge in [-0.1, -0.05) is 0 Å². The van der Waals surface area contributed by atoms with Gasteiger partial charge in [-0.3, -0.25) is 19.3 Å². The van der Waals surface area contributed by atoms with Crippen LogP contribution in [0.1, 0.15) is 50.9 Å². The number of nitrogens with one attached hydrogen (secondary N) is 2. The lowest BCUT2D eigenvalue weighted by atomic mass is 10.1. The normalized spacial score (nSPS) is 14.5. The van der Waals surface area contributed by atoms with Crippen molar-refractivity contribution in [3.05, 3.63) is 23.8 Å². The van der Waals surface area contributed by atoms with Crippen LogP contribution in [-0.2, 0) is 9.59 Å². The van der Waals surface area contributed by atoms with Gasteiger partial charge in [0, 0.05) is 11.6 Å². The van der Waals surface area contributed by atoms with Crippen LogP contribution in [0.4, 0.5) is 5.69 Å². The Kier molecular flexibility index (Phi) is 7.99. The summed E-state index contributed by atoms with van der Waals surface area (Å²) in [5.41, 5.74) is 0.951. The van der Waals surface area contributed by atoms with Gasteiger partial charge in [0.1, 0.15) is 12.3 Å². The molecule has 7 heteroatoms. The summed E-state index contributed by atoms with van der Waals surface area (Å²) in [6.45, 7) is 10.9. The smallest absolute Gasteiger partial charge is 0.265 e. The van der Waals surface area contributed by atoms with Crippen molar-refractivity contribution < 1.29 is 24.0 Å². The highest BCUT2D eigenvalue weighted by molar-refractivity contribution is 6.04. The number of anilines is 1. The van der Waals surface area contributed by atoms with Crippen LogP contribution in [0.5, 0.6) is 5.75 Å². The van der Waals surface area contributed by atoms with Crippen LogP contribution in [-0.4, -0.2) is 56.4 Å². The van der Waals surface area contributed by atoms with Gasteiger partial charge < -0.3 is 15.0 Å². The number of benzene rings is 1. The van der Waals surface area contributed by atoms with Crippen molar-refractivity contribution in [2.75, 3.05) is 37.7 Å². The molecule has 1 atom stereocenters. The second-order valence-electron chi connectivity index (χ2n) is 7.33. The van der Waals surface area contributed by atoms with E-state index < -0.39 is 0 Å². The summed E-state index contributed by atoms with van der Waals surface area (Å²) in [5.74, 6) is -0.0972. The molecular weight excluding hydrogens is 358 g/mol. The fourth-order valence-corrected chi connectivity index (χ4v) is 3.39. The molecule has 0 bridgehead atoms. The van der Waals surface area contributed by atoms with Crippen LogP contribution in [0.25, 0.3) is 0 Å². The van der Waals surface area contributed by atoms with Gasteiger partial charge in [-0.15, -0.1) is 0 Å². The molecule has 2 rings (SSSR count). The minimum atomic E-state index is -0.291. The van der Waals surface area contributed by atoms with Gasteiger partial charge in [0.05, 0.1) is 25.3 Å². The molecule has 7 nitrogen and oxygen atoms in total. The van der Waals surface area contributed by atoms with Crippen molar-refractivity contribution in [3.8, 4) is 5.75 Å². The van der Waals surface area contributed by atoms with Crippen LogP contribution in [0.2, 0.25) is 0 Å². The maximum atomic E-state index is 12.5. The maximum Gasteiger partial charge on any atom is 0.265 e. The molecule has 1 heterocycles. The number of amides is 2. The highest BCUT2D eigenvalue weighted by atomic mass is 16.5. The first-order valence-electron chi connectivity index (χ1n) is 10.1. The summed E-state index contributed by atoms with van der Waals surface area (Å²) in [6.07, 6.45) is 1.94. The lowest BCUT2D eigenvalue weighted by Crippen LogP contribution is -3.11. The molecule has 0 spiro atoms. The van der Waals surface area contributed by atoms with Crippen molar-refractivity contribution in [1.82, 2.24) is 5.32 Å². The summed E-state index contributed by atoms with van der Waals surface area (Å²) in [7, 11) is 0. The third-order valence-corrected chi connectivity index (χ3v) is 5.19. The number of rotatable bonds is 10. The average molecular weight is 391 g/mol. The molecule has 1 aromatic carbocycles. The molecule has 0 saturated heterocycles. The van der Waals surface area contributed by atoms with Crippen molar-refractivity contribution in [2.45, 2.75) is 46.6 Å². The van der Waals surface area contributed by atoms with E-state index in [1.54, 1.807) is 23.1 Å². The van der Waals surface area contributed by atoms with Gasteiger partial charge in [0.2, 0.25) is 5.91 Å². The van der Waals surface area contributed by atoms with Gasteiger partial charge in [-0.2, -0.15) is 0 Å². The SMILES string of the molecule is CC[NH+](CC)CCC[C@@H](C)NC(=O)CN1C(=O)COc2ccc(C(C)=O)cc21. The van der Waals surface area contributed by atoms with Gasteiger partial charge in [-0.05, 0) is 58.7 Å². The van der Waals surface area contributed by atoms with Gasteiger partial charge in [0.25, 0.3) is 5.91 Å². The Balaban J connectivity index is 1.95. The zero-order valence-electron chi connectivity index (χ0n) is 17.3. The Bertz CT molecular complexity index is 716. The lowest BCUT2D eigenvalue weighted by molar-refractivity contribution is -0.896. The third-order valence-electron chi connectivity index (χ3n) is 5.19. The minimum absolute atomic E-state index is 0.0432. The monoisotopic (exact) mass is 390 g/mol. The number of hydrogen-bond acceptors (Lipinski definition) is 4. The van der Waals surface area contributed by atoms with E-state index in [0.717, 1.165) is 32.5 Å². The number of hydrogen-bond donors (Lipinski definition) is 2. The van der Waals surface area contributed by atoms with E-state index in [2.05, 4.69) is 19.2 Å². The summed E-state index contributed by atoms with van der Waals surface area (Å²) in [6, 6.07) is 4.98. The Labute approximate surface area is 167 Å². The number of nitrogens with zero attached hydrogens (tertiary/aromatic N) is 1. The van der Waals surface area contributed by atoms with Crippen molar-refractivity contribution >= 4 is 23.3 Å². The topological polar surface area (TPSA) is 80.2 Å². The number of Topliss-reactive ketones (excluding diaryl/α,β-unsaturated/α-hetero) is 1. The Morgan fingerprint density at radius 1 is 1.29 bits per heavy atom. The number of carbonyl (C=O) groups is 3. The van der Waals surface area contributed by atoms with E-state index in [1.807, 2.05) is 6.92 Å². The van der Waals surface area contributed by atoms with Crippen LogP contribution in [0.3, 0.4) is 0 Å². The Hall–Kier alpha value is -2.41. The zero-order chi connectivity index (χ0) is 20.7. The van der Waals surface area contributed by atoms with E-state index in [4.69, 9.17) is 4.74 Å². The fraction of sp³-hybridized carbons (Fsp3) is 0.571. The van der Waals surface area contributed by atoms with Crippen LogP contribution in [0.15, 0.2) is 18.2 Å². The van der Waals surface area contributed by atoms with Gasteiger partial charge in [0.15, 0.2) is 12.4 Å². The number of ketones is 1. The Morgan fingerprint density at radius 2 is 2.00 bits per heavy atom. The molecule has 0 aromatic heterocycles.